The summed E-state index contributed by atoms with van der Waals surface area (Å²) in [6.45, 7) is 2.44. The first kappa shape index (κ1) is 15.6. The van der Waals surface area contributed by atoms with Crippen molar-refractivity contribution in [2.75, 3.05) is 13.6 Å². The van der Waals surface area contributed by atoms with Gasteiger partial charge < -0.3 is 20.3 Å². The Kier molecular flexibility index (Phi) is 4.36. The van der Waals surface area contributed by atoms with Crippen LogP contribution in [-0.4, -0.2) is 58.4 Å². The van der Waals surface area contributed by atoms with Gasteiger partial charge in [-0.25, -0.2) is 4.79 Å². The van der Waals surface area contributed by atoms with Crippen LogP contribution < -0.4 is 5.32 Å². The van der Waals surface area contributed by atoms with E-state index in [-0.39, 0.29) is 6.42 Å². The number of nitrogens with one attached hydrogen (secondary N) is 2. The van der Waals surface area contributed by atoms with Crippen LogP contribution in [0.1, 0.15) is 23.8 Å². The van der Waals surface area contributed by atoms with E-state index in [1.54, 1.807) is 18.6 Å². The third-order valence-corrected chi connectivity index (χ3v) is 4.14. The van der Waals surface area contributed by atoms with E-state index in [0.29, 0.717) is 12.2 Å². The van der Waals surface area contributed by atoms with Gasteiger partial charge in [0.15, 0.2) is 0 Å². The Bertz CT molecular complexity index is 586. The molecule has 0 saturated heterocycles. The number of aliphatic carboxylic acids is 1. The van der Waals surface area contributed by atoms with Crippen LogP contribution in [0.25, 0.3) is 0 Å². The number of halogens is 1. The van der Waals surface area contributed by atoms with Crippen LogP contribution in [0.3, 0.4) is 0 Å². The van der Waals surface area contributed by atoms with E-state index in [2.05, 4.69) is 31.2 Å². The molecule has 1 aromatic rings. The summed E-state index contributed by atoms with van der Waals surface area (Å²) < 4.78 is 0.732. The third kappa shape index (κ3) is 3.44. The first-order valence-corrected chi connectivity index (χ1v) is 7.21. The smallest absolute Gasteiger partial charge is 0.326 e. The average molecular weight is 357 g/mol. The maximum absolute atomic E-state index is 12.1. The Labute approximate surface area is 130 Å². The third-order valence-electron chi connectivity index (χ3n) is 3.68. The molecule has 0 fully saturated rings. The molecule has 1 aliphatic rings. The number of carboxylic acid groups (broad SMARTS) is 1. The Balaban J connectivity index is 2.06. The fourth-order valence-corrected chi connectivity index (χ4v) is 2.54. The minimum atomic E-state index is -1.06. The summed E-state index contributed by atoms with van der Waals surface area (Å²) in [6, 6.07) is 0.620. The van der Waals surface area contributed by atoms with Crippen LogP contribution in [0.5, 0.6) is 0 Å². The normalized spacial score (nSPS) is 22.3. The Morgan fingerprint density at radius 1 is 1.67 bits per heavy atom. The summed E-state index contributed by atoms with van der Waals surface area (Å²) in [7, 11) is 1.85. The molecule has 2 unspecified atom stereocenters. The van der Waals surface area contributed by atoms with Crippen molar-refractivity contribution in [3.8, 4) is 0 Å². The maximum Gasteiger partial charge on any atom is 0.326 e. The number of hydrogen-bond donors (Lipinski definition) is 3. The predicted octanol–water partition coefficient (Wildman–Crippen LogP) is 1.08. The lowest BCUT2D eigenvalue weighted by atomic mass is 9.92. The molecule has 114 valence electrons. The van der Waals surface area contributed by atoms with Gasteiger partial charge in [0, 0.05) is 24.1 Å². The number of aromatic amines is 1. The number of amides is 1. The van der Waals surface area contributed by atoms with Gasteiger partial charge in [-0.2, -0.15) is 0 Å². The first-order chi connectivity index (χ1) is 9.82. The van der Waals surface area contributed by atoms with E-state index in [9.17, 15) is 14.7 Å². The van der Waals surface area contributed by atoms with Crippen LogP contribution in [0, 0.1) is 0 Å². The summed E-state index contributed by atoms with van der Waals surface area (Å²) in [5, 5.41) is 11.9. The van der Waals surface area contributed by atoms with Gasteiger partial charge in [-0.05, 0) is 28.9 Å². The summed E-state index contributed by atoms with van der Waals surface area (Å²) >= 11 is 3.23. The van der Waals surface area contributed by atoms with Crippen LogP contribution in [-0.2, 0) is 4.79 Å². The number of aromatic nitrogens is 1. The van der Waals surface area contributed by atoms with Crippen molar-refractivity contribution in [3.05, 3.63) is 22.4 Å². The fraction of sp³-hybridized carbons (Fsp3) is 0.462. The number of likely N-dealkylation sites (N-methyl/N-ethyl adjacent to an activating group) is 1. The van der Waals surface area contributed by atoms with Crippen molar-refractivity contribution in [1.29, 1.82) is 0 Å². The average Bonchev–Trinajstić information content (AvgIpc) is 2.96. The summed E-state index contributed by atoms with van der Waals surface area (Å²) in [6.07, 6.45) is 3.57. The fourth-order valence-electron chi connectivity index (χ4n) is 2.19. The lowest BCUT2D eigenvalue weighted by Crippen LogP contribution is -2.51. The lowest BCUT2D eigenvalue weighted by Gasteiger charge is -2.34. The number of carbonyl (C=O) groups excluding carboxylic acids is 1. The van der Waals surface area contributed by atoms with E-state index in [0.717, 1.165) is 4.47 Å². The van der Waals surface area contributed by atoms with Crippen LogP contribution >= 0.6 is 15.9 Å². The van der Waals surface area contributed by atoms with Crippen LogP contribution in [0.2, 0.25) is 0 Å². The van der Waals surface area contributed by atoms with Crippen LogP contribution in [0.4, 0.5) is 0 Å². The largest absolute Gasteiger partial charge is 0.480 e. The zero-order valence-electron chi connectivity index (χ0n) is 11.8. The SMILES string of the molecule is CN1C=NCC1(C)CC(NC(=O)c1cc(Br)c[nH]1)C(=O)O. The highest BCUT2D eigenvalue weighted by Crippen LogP contribution is 2.23. The van der Waals surface area contributed by atoms with Gasteiger partial charge in [0.25, 0.3) is 5.91 Å². The zero-order valence-corrected chi connectivity index (χ0v) is 13.3. The predicted molar refractivity (Wildman–Crippen MR) is 81.5 cm³/mol. The molecule has 7 nitrogen and oxygen atoms in total. The second kappa shape index (κ2) is 5.88. The molecule has 2 rings (SSSR count). The zero-order chi connectivity index (χ0) is 15.6. The molecular weight excluding hydrogens is 340 g/mol. The summed E-state index contributed by atoms with van der Waals surface area (Å²) in [4.78, 5) is 32.3. The summed E-state index contributed by atoms with van der Waals surface area (Å²) in [5.41, 5.74) is -0.0959. The van der Waals surface area contributed by atoms with E-state index in [1.807, 2.05) is 18.9 Å². The van der Waals surface area contributed by atoms with Crippen molar-refractivity contribution < 1.29 is 14.7 Å². The van der Waals surface area contributed by atoms with Crippen molar-refractivity contribution in [3.63, 3.8) is 0 Å². The number of aliphatic imine (C=N–C) groups is 1. The van der Waals surface area contributed by atoms with Crippen molar-refractivity contribution in [2.45, 2.75) is 24.9 Å². The van der Waals surface area contributed by atoms with E-state index in [4.69, 9.17) is 0 Å². The molecule has 2 heterocycles. The number of nitrogens with zero attached hydrogens (tertiary/aromatic N) is 2. The molecule has 1 amide bonds. The quantitative estimate of drug-likeness (QED) is 0.735. The van der Waals surface area contributed by atoms with Gasteiger partial charge in [0.1, 0.15) is 11.7 Å². The van der Waals surface area contributed by atoms with Crippen molar-refractivity contribution in [2.24, 2.45) is 4.99 Å². The second-order valence-electron chi connectivity index (χ2n) is 5.36. The Morgan fingerprint density at radius 2 is 2.38 bits per heavy atom. The highest BCUT2D eigenvalue weighted by molar-refractivity contribution is 9.10. The summed E-state index contributed by atoms with van der Waals surface area (Å²) in [5.74, 6) is -1.51. The Morgan fingerprint density at radius 3 is 2.86 bits per heavy atom. The highest BCUT2D eigenvalue weighted by Gasteiger charge is 2.37. The molecule has 0 spiro atoms. The van der Waals surface area contributed by atoms with E-state index >= 15 is 0 Å². The van der Waals surface area contributed by atoms with Gasteiger partial charge in [-0.3, -0.25) is 9.79 Å². The van der Waals surface area contributed by atoms with Gasteiger partial charge in [0.05, 0.1) is 18.4 Å². The Hall–Kier alpha value is -1.83. The number of hydrogen-bond acceptors (Lipinski definition) is 4. The van der Waals surface area contributed by atoms with Gasteiger partial charge >= 0.3 is 5.97 Å². The number of rotatable bonds is 5. The van der Waals surface area contributed by atoms with Crippen molar-refractivity contribution in [1.82, 2.24) is 15.2 Å². The molecule has 0 aromatic carbocycles. The van der Waals surface area contributed by atoms with Gasteiger partial charge in [-0.1, -0.05) is 0 Å². The van der Waals surface area contributed by atoms with E-state index < -0.39 is 23.5 Å². The van der Waals surface area contributed by atoms with Crippen molar-refractivity contribution >= 4 is 34.1 Å². The van der Waals surface area contributed by atoms with Gasteiger partial charge in [-0.15, -0.1) is 0 Å². The molecule has 2 atom stereocenters. The number of H-pyrrole nitrogens is 1. The van der Waals surface area contributed by atoms with Crippen LogP contribution in [0.15, 0.2) is 21.7 Å². The molecular formula is C13H17BrN4O3. The highest BCUT2D eigenvalue weighted by atomic mass is 79.9. The standard InChI is InChI=1S/C13H17BrN4O3/c1-13(6-15-7-18(13)2)4-10(12(20)21)17-11(19)9-3-8(14)5-16-9/h3,5,7,10,16H,4,6H2,1-2H3,(H,17,19)(H,20,21). The molecule has 3 N–H and O–H groups in total. The number of carbonyl (C=O) groups is 2. The number of carboxylic acids is 1. The first-order valence-electron chi connectivity index (χ1n) is 6.42. The molecule has 0 bridgehead atoms. The molecule has 0 radical (unpaired) electrons. The lowest BCUT2D eigenvalue weighted by molar-refractivity contribution is -0.140. The molecule has 21 heavy (non-hydrogen) atoms. The molecule has 1 aromatic heterocycles. The molecule has 0 saturated carbocycles. The monoisotopic (exact) mass is 356 g/mol. The molecule has 1 aliphatic heterocycles. The van der Waals surface area contributed by atoms with Gasteiger partial charge in [0.2, 0.25) is 0 Å². The topological polar surface area (TPSA) is 97.8 Å². The maximum atomic E-state index is 12.1. The molecule has 0 aliphatic carbocycles. The minimum Gasteiger partial charge on any atom is -0.480 e. The second-order valence-corrected chi connectivity index (χ2v) is 6.28. The molecule has 8 heteroatoms. The minimum absolute atomic E-state index is 0.270. The van der Waals surface area contributed by atoms with E-state index in [1.165, 1.54) is 0 Å².